The molecule has 137 valence electrons. The Kier molecular flexibility index (Phi) is 14.6. The summed E-state index contributed by atoms with van der Waals surface area (Å²) in [6, 6.07) is 0. The van der Waals surface area contributed by atoms with Gasteiger partial charge in [-0.1, -0.05) is 0 Å². The van der Waals surface area contributed by atoms with E-state index in [4.69, 9.17) is 29.7 Å². The fourth-order valence-electron chi connectivity index (χ4n) is 0. The number of carbonyl (C=O) groups is 3. The van der Waals surface area contributed by atoms with E-state index in [0.717, 1.165) is 0 Å². The molecule has 0 aliphatic rings. The molecular formula is C6F9O6Yb. The van der Waals surface area contributed by atoms with Gasteiger partial charge in [-0.3, -0.25) is 0 Å². The smallest absolute Gasteiger partial charge is 0.542 e. The maximum absolute atomic E-state index is 10.5. The maximum atomic E-state index is 10.5. The molecule has 0 spiro atoms. The van der Waals surface area contributed by atoms with Gasteiger partial charge in [0.25, 0.3) is 0 Å². The van der Waals surface area contributed by atoms with Crippen LogP contribution in [0.2, 0.25) is 0 Å². The van der Waals surface area contributed by atoms with E-state index < -0.39 is 36.4 Å². The van der Waals surface area contributed by atoms with Crippen LogP contribution in [-0.2, 0) is 14.4 Å². The van der Waals surface area contributed by atoms with Gasteiger partial charge >= 0.3 is 65.5 Å². The number of carbonyl (C=O) groups excluding carboxylic acids is 3. The van der Waals surface area contributed by atoms with Crippen LogP contribution in [-0.4, -0.2) is 36.4 Å². The molecule has 0 heterocycles. The first-order valence-corrected chi connectivity index (χ1v) is 3.68. The molecular weight excluding hydrogens is 512 g/mol. The normalized spacial score (nSPS) is 10.8. The van der Waals surface area contributed by atoms with Crippen LogP contribution in [0.5, 0.6) is 0 Å². The van der Waals surface area contributed by atoms with E-state index in [-0.39, 0.29) is 46.9 Å². The Bertz CT molecular complexity index is 313. The summed E-state index contributed by atoms with van der Waals surface area (Å²) in [4.78, 5) is 26.4. The van der Waals surface area contributed by atoms with E-state index >= 15 is 0 Å². The van der Waals surface area contributed by atoms with Crippen molar-refractivity contribution in [2.75, 3.05) is 0 Å². The zero-order valence-corrected chi connectivity index (χ0v) is 10.8. The number of hydrogen-bond donors (Lipinski definition) is 0. The van der Waals surface area contributed by atoms with Crippen molar-refractivity contribution in [1.82, 2.24) is 0 Å². The molecule has 0 atom stereocenters. The molecule has 16 heteroatoms. The van der Waals surface area contributed by atoms with Crippen molar-refractivity contribution in [3.8, 4) is 0 Å². The summed E-state index contributed by atoms with van der Waals surface area (Å²) in [7, 11) is 0. The number of aliphatic carboxylic acids is 3. The first-order valence-electron chi connectivity index (χ1n) is 3.68. The summed E-state index contributed by atoms with van der Waals surface area (Å²) >= 11 is 0. The number of carboxylic acids is 3. The van der Waals surface area contributed by atoms with Gasteiger partial charge in [-0.05, 0) is 0 Å². The van der Waals surface area contributed by atoms with Crippen LogP contribution >= 0.6 is 0 Å². The molecule has 0 unspecified atom stereocenters. The maximum Gasteiger partial charge on any atom is 3.00 e. The molecule has 0 aromatic heterocycles. The van der Waals surface area contributed by atoms with Gasteiger partial charge in [0, 0.05) is 0 Å². The van der Waals surface area contributed by atoms with Crippen LogP contribution in [0.3, 0.4) is 0 Å². The average Bonchev–Trinajstić information content (AvgIpc) is 2.14. The Labute approximate surface area is 152 Å². The summed E-state index contributed by atoms with van der Waals surface area (Å²) in [6.07, 6.45) is -15.6. The second kappa shape index (κ2) is 10.9. The largest absolute Gasteiger partial charge is 3.00 e. The van der Waals surface area contributed by atoms with Crippen molar-refractivity contribution in [1.29, 1.82) is 0 Å². The molecule has 1 radical (unpaired) electrons. The van der Waals surface area contributed by atoms with Crippen LogP contribution in [0.1, 0.15) is 0 Å². The topological polar surface area (TPSA) is 120 Å². The zero-order valence-electron chi connectivity index (χ0n) is 9.12. The van der Waals surface area contributed by atoms with Gasteiger partial charge in [0.1, 0.15) is 17.9 Å². The quantitative estimate of drug-likeness (QED) is 0.343. The predicted octanol–water partition coefficient (Wildman–Crippen LogP) is -2.10. The molecule has 0 rings (SSSR count). The van der Waals surface area contributed by atoms with Gasteiger partial charge in [-0.25, -0.2) is 0 Å². The van der Waals surface area contributed by atoms with Crippen molar-refractivity contribution in [2.45, 2.75) is 18.5 Å². The van der Waals surface area contributed by atoms with Crippen LogP contribution in [0.4, 0.5) is 39.5 Å². The molecule has 0 bridgehead atoms. The standard InChI is InChI=1S/3C2HF3O2.Yb/c3*3-2(4,5)1(6)7;/h3*(H,6,7);/q;;;+3/p-3. The van der Waals surface area contributed by atoms with Crippen LogP contribution in [0.15, 0.2) is 0 Å². The minimum atomic E-state index is -5.19. The molecule has 6 nitrogen and oxygen atoms in total. The van der Waals surface area contributed by atoms with Crippen LogP contribution < -0.4 is 15.3 Å². The fraction of sp³-hybridized carbons (Fsp3) is 0.500. The summed E-state index contributed by atoms with van der Waals surface area (Å²) in [6.45, 7) is 0. The third-order valence-corrected chi connectivity index (χ3v) is 0.694. The van der Waals surface area contributed by atoms with E-state index in [1.807, 2.05) is 0 Å². The van der Waals surface area contributed by atoms with Crippen molar-refractivity contribution >= 4 is 17.9 Å². The molecule has 0 amide bonds. The minimum Gasteiger partial charge on any atom is -0.542 e. The Morgan fingerprint density at radius 3 is 0.545 bits per heavy atom. The minimum absolute atomic E-state index is 0. The van der Waals surface area contributed by atoms with Crippen molar-refractivity contribution in [2.24, 2.45) is 0 Å². The molecule has 0 aliphatic carbocycles. The first-order chi connectivity index (χ1) is 8.83. The number of carboxylic acid groups (broad SMARTS) is 3. The molecule has 0 saturated heterocycles. The van der Waals surface area contributed by atoms with Gasteiger partial charge in [0.2, 0.25) is 0 Å². The first kappa shape index (κ1) is 29.3. The fourth-order valence-corrected chi connectivity index (χ4v) is 0. The predicted molar refractivity (Wildman–Crippen MR) is 33.2 cm³/mol. The number of alkyl halides is 9. The Morgan fingerprint density at radius 2 is 0.545 bits per heavy atom. The van der Waals surface area contributed by atoms with Gasteiger partial charge in [0.05, 0.1) is 0 Å². The summed E-state index contributed by atoms with van der Waals surface area (Å²) < 4.78 is 94.6. The molecule has 0 aromatic rings. The SMILES string of the molecule is O=C([O-])C(F)(F)F.O=C([O-])C(F)(F)F.O=C([O-])C(F)(F)F.[Yb+3]. The molecule has 22 heavy (non-hydrogen) atoms. The Morgan fingerprint density at radius 1 is 0.500 bits per heavy atom. The van der Waals surface area contributed by atoms with Gasteiger partial charge in [0.15, 0.2) is 0 Å². The number of rotatable bonds is 0. The van der Waals surface area contributed by atoms with Gasteiger partial charge in [-0.15, -0.1) is 0 Å². The third kappa shape index (κ3) is 21.6. The molecule has 0 aliphatic heterocycles. The monoisotopic (exact) mass is 513 g/mol. The van der Waals surface area contributed by atoms with E-state index in [0.29, 0.717) is 0 Å². The van der Waals surface area contributed by atoms with Crippen LogP contribution in [0, 0.1) is 46.9 Å². The summed E-state index contributed by atoms with van der Waals surface area (Å²) in [5, 5.41) is 26.4. The Balaban J connectivity index is -0.000000108. The van der Waals surface area contributed by atoms with E-state index in [9.17, 15) is 39.5 Å². The van der Waals surface area contributed by atoms with Crippen molar-refractivity contribution in [3.05, 3.63) is 0 Å². The summed E-state index contributed by atoms with van der Waals surface area (Å²) in [5.74, 6) is -9.02. The number of halogens is 9. The van der Waals surface area contributed by atoms with E-state index in [1.165, 1.54) is 0 Å². The second-order valence-electron chi connectivity index (χ2n) is 2.36. The average molecular weight is 512 g/mol. The third-order valence-electron chi connectivity index (χ3n) is 0.694. The Hall–Kier alpha value is -0.701. The number of hydrogen-bond acceptors (Lipinski definition) is 6. The zero-order chi connectivity index (χ0) is 18.2. The van der Waals surface area contributed by atoms with E-state index in [2.05, 4.69) is 0 Å². The van der Waals surface area contributed by atoms with Crippen molar-refractivity contribution < 1.29 is 116 Å². The molecule has 0 saturated carbocycles. The molecule has 0 fully saturated rings. The van der Waals surface area contributed by atoms with Crippen LogP contribution in [0.25, 0.3) is 0 Å². The summed E-state index contributed by atoms with van der Waals surface area (Å²) in [5.41, 5.74) is 0. The van der Waals surface area contributed by atoms with Crippen molar-refractivity contribution in [3.63, 3.8) is 0 Å². The molecule has 0 N–H and O–H groups in total. The van der Waals surface area contributed by atoms with E-state index in [1.54, 1.807) is 0 Å². The van der Waals surface area contributed by atoms with Gasteiger partial charge < -0.3 is 29.7 Å². The second-order valence-corrected chi connectivity index (χ2v) is 2.36. The molecule has 0 aromatic carbocycles. The van der Waals surface area contributed by atoms with Gasteiger partial charge in [-0.2, -0.15) is 39.5 Å².